The molecule has 0 radical (unpaired) electrons. The SMILES string of the molecule is C[Si](C)(CCCCOC1=C(O)C(=O)O[C@@H]1[C@@H](O)CO)CN=[N+]=[N-]. The van der Waals surface area contributed by atoms with Gasteiger partial charge in [0.25, 0.3) is 0 Å². The highest BCUT2D eigenvalue weighted by Gasteiger charge is 2.40. The fraction of sp³-hybridized carbons (Fsp3) is 0.769. The Hall–Kier alpha value is -1.74. The predicted octanol–water partition coefficient (Wildman–Crippen LogP) is 1.39. The molecular weight excluding hydrogens is 322 g/mol. The van der Waals surface area contributed by atoms with Crippen LogP contribution in [0.15, 0.2) is 16.6 Å². The van der Waals surface area contributed by atoms with E-state index in [1.807, 2.05) is 0 Å². The molecule has 0 fully saturated rings. The van der Waals surface area contributed by atoms with Crippen LogP contribution in [0.1, 0.15) is 12.8 Å². The van der Waals surface area contributed by atoms with Gasteiger partial charge in [-0.3, -0.25) is 0 Å². The number of aliphatic hydroxyl groups excluding tert-OH is 3. The van der Waals surface area contributed by atoms with E-state index in [0.29, 0.717) is 12.6 Å². The van der Waals surface area contributed by atoms with Crippen LogP contribution >= 0.6 is 0 Å². The summed E-state index contributed by atoms with van der Waals surface area (Å²) in [5, 5.41) is 31.7. The van der Waals surface area contributed by atoms with Gasteiger partial charge in [0.15, 0.2) is 11.9 Å². The molecule has 0 saturated heterocycles. The van der Waals surface area contributed by atoms with Crippen LogP contribution in [0.5, 0.6) is 0 Å². The highest BCUT2D eigenvalue weighted by atomic mass is 28.3. The zero-order valence-corrected chi connectivity index (χ0v) is 14.3. The topological polar surface area (TPSA) is 145 Å². The maximum Gasteiger partial charge on any atom is 0.378 e. The molecule has 0 aromatic rings. The first-order chi connectivity index (χ1) is 10.8. The van der Waals surface area contributed by atoms with E-state index in [1.54, 1.807) is 0 Å². The van der Waals surface area contributed by atoms with Crippen molar-refractivity contribution in [2.75, 3.05) is 19.4 Å². The molecule has 1 aliphatic rings. The number of hydrogen-bond donors (Lipinski definition) is 3. The number of cyclic esters (lactones) is 1. The summed E-state index contributed by atoms with van der Waals surface area (Å²) >= 11 is 0. The third kappa shape index (κ3) is 5.75. The van der Waals surface area contributed by atoms with Gasteiger partial charge in [0, 0.05) is 11.1 Å². The van der Waals surface area contributed by atoms with Crippen molar-refractivity contribution in [1.82, 2.24) is 0 Å². The third-order valence-corrected chi connectivity index (χ3v) is 6.23. The number of carbonyl (C=O) groups is 1. The van der Waals surface area contributed by atoms with Gasteiger partial charge in [-0.1, -0.05) is 30.7 Å². The number of rotatable bonds is 10. The lowest BCUT2D eigenvalue weighted by atomic mass is 10.2. The second-order valence-electron chi connectivity index (χ2n) is 6.15. The first-order valence-corrected chi connectivity index (χ1v) is 10.8. The Labute approximate surface area is 135 Å². The van der Waals surface area contributed by atoms with Gasteiger partial charge in [0.05, 0.1) is 21.3 Å². The van der Waals surface area contributed by atoms with E-state index in [2.05, 4.69) is 23.1 Å². The van der Waals surface area contributed by atoms with Crippen LogP contribution in [0.3, 0.4) is 0 Å². The number of ether oxygens (including phenoxy) is 2. The van der Waals surface area contributed by atoms with Crippen molar-refractivity contribution in [3.8, 4) is 0 Å². The summed E-state index contributed by atoms with van der Waals surface area (Å²) in [4.78, 5) is 14.1. The Balaban J connectivity index is 2.42. The molecule has 0 aromatic heterocycles. The van der Waals surface area contributed by atoms with Crippen molar-refractivity contribution >= 4 is 14.0 Å². The Bertz CT molecular complexity index is 504. The zero-order chi connectivity index (χ0) is 17.5. The highest BCUT2D eigenvalue weighted by molar-refractivity contribution is 6.77. The average Bonchev–Trinajstić information content (AvgIpc) is 2.80. The zero-order valence-electron chi connectivity index (χ0n) is 13.3. The van der Waals surface area contributed by atoms with Gasteiger partial charge < -0.3 is 24.8 Å². The average molecular weight is 345 g/mol. The van der Waals surface area contributed by atoms with Gasteiger partial charge in [-0.2, -0.15) is 0 Å². The van der Waals surface area contributed by atoms with Gasteiger partial charge in [-0.15, -0.1) is 0 Å². The standard InChI is InChI=1S/C13H23N3O6Si/c1-23(2,8-15-16-14)6-4-3-5-21-12-10(19)13(20)22-11(12)9(18)7-17/h9,11,17-19H,3-8H2,1-2H3/t9-,11+/m0/s1. The molecule has 0 bridgehead atoms. The molecule has 130 valence electrons. The van der Waals surface area contributed by atoms with E-state index < -0.39 is 38.6 Å². The lowest BCUT2D eigenvalue weighted by molar-refractivity contribution is -0.148. The van der Waals surface area contributed by atoms with Gasteiger partial charge in [0.2, 0.25) is 5.76 Å². The minimum Gasteiger partial charge on any atom is -0.499 e. The van der Waals surface area contributed by atoms with Crippen molar-refractivity contribution in [1.29, 1.82) is 0 Å². The summed E-state index contributed by atoms with van der Waals surface area (Å²) in [5.41, 5.74) is 8.35. The van der Waals surface area contributed by atoms with Crippen LogP contribution in [0.4, 0.5) is 0 Å². The monoisotopic (exact) mass is 345 g/mol. The molecule has 3 N–H and O–H groups in total. The van der Waals surface area contributed by atoms with Gasteiger partial charge in [-0.05, 0) is 12.0 Å². The number of carbonyl (C=O) groups excluding carboxylic acids is 1. The number of hydrogen-bond acceptors (Lipinski definition) is 7. The Kier molecular flexibility index (Phi) is 7.37. The van der Waals surface area contributed by atoms with Gasteiger partial charge in [0.1, 0.15) is 6.10 Å². The van der Waals surface area contributed by atoms with E-state index in [1.165, 1.54) is 0 Å². The summed E-state index contributed by atoms with van der Waals surface area (Å²) < 4.78 is 10.1. The molecule has 0 aromatic carbocycles. The summed E-state index contributed by atoms with van der Waals surface area (Å²) in [5.74, 6) is -1.77. The fourth-order valence-corrected chi connectivity index (χ4v) is 3.96. The molecule has 23 heavy (non-hydrogen) atoms. The highest BCUT2D eigenvalue weighted by Crippen LogP contribution is 2.25. The van der Waals surface area contributed by atoms with E-state index in [9.17, 15) is 15.0 Å². The maximum atomic E-state index is 11.3. The predicted molar refractivity (Wildman–Crippen MR) is 84.1 cm³/mol. The molecule has 0 saturated carbocycles. The minimum absolute atomic E-state index is 0.137. The Morgan fingerprint density at radius 1 is 1.48 bits per heavy atom. The van der Waals surface area contributed by atoms with Gasteiger partial charge >= 0.3 is 5.97 Å². The molecule has 2 atom stereocenters. The smallest absolute Gasteiger partial charge is 0.378 e. The molecular formula is C13H23N3O6Si. The molecule has 0 unspecified atom stereocenters. The third-order valence-electron chi connectivity index (χ3n) is 3.52. The minimum atomic E-state index is -1.56. The summed E-state index contributed by atoms with van der Waals surface area (Å²) in [6, 6.07) is 0.957. The summed E-state index contributed by atoms with van der Waals surface area (Å²) in [6.45, 7) is 3.90. The van der Waals surface area contributed by atoms with E-state index >= 15 is 0 Å². The largest absolute Gasteiger partial charge is 0.499 e. The lowest BCUT2D eigenvalue weighted by Crippen LogP contribution is -2.32. The number of aliphatic hydroxyl groups is 3. The molecule has 1 aliphatic heterocycles. The quantitative estimate of drug-likeness (QED) is 0.136. The number of esters is 1. The number of azide groups is 1. The molecule has 0 amide bonds. The van der Waals surface area contributed by atoms with E-state index in [-0.39, 0.29) is 12.4 Å². The molecule has 1 heterocycles. The van der Waals surface area contributed by atoms with E-state index in [0.717, 1.165) is 12.5 Å². The molecule has 9 nitrogen and oxygen atoms in total. The first-order valence-electron chi connectivity index (χ1n) is 7.39. The van der Waals surface area contributed by atoms with Crippen LogP contribution in [0, 0.1) is 0 Å². The lowest BCUT2D eigenvalue weighted by Gasteiger charge is -2.20. The maximum absolute atomic E-state index is 11.3. The van der Waals surface area contributed by atoms with Crippen LogP contribution in [-0.2, 0) is 14.3 Å². The van der Waals surface area contributed by atoms with Crippen molar-refractivity contribution in [2.45, 2.75) is 44.2 Å². The van der Waals surface area contributed by atoms with Crippen molar-refractivity contribution in [3.05, 3.63) is 22.0 Å². The molecule has 0 spiro atoms. The van der Waals surface area contributed by atoms with Crippen LogP contribution in [-0.4, -0.2) is 61.0 Å². The van der Waals surface area contributed by atoms with Crippen molar-refractivity contribution in [2.24, 2.45) is 5.11 Å². The summed E-state index contributed by atoms with van der Waals surface area (Å²) in [7, 11) is -1.56. The molecule has 1 rings (SSSR count). The van der Waals surface area contributed by atoms with Crippen molar-refractivity contribution in [3.63, 3.8) is 0 Å². The Morgan fingerprint density at radius 3 is 2.78 bits per heavy atom. The molecule has 0 aliphatic carbocycles. The van der Waals surface area contributed by atoms with Gasteiger partial charge in [-0.25, -0.2) is 4.79 Å². The first kappa shape index (κ1) is 19.3. The normalized spacial score (nSPS) is 19.3. The number of nitrogens with zero attached hydrogens (tertiary/aromatic N) is 3. The van der Waals surface area contributed by atoms with Crippen LogP contribution in [0.2, 0.25) is 19.1 Å². The summed E-state index contributed by atoms with van der Waals surface area (Å²) in [6.07, 6.45) is -0.434. The Morgan fingerprint density at radius 2 is 2.17 bits per heavy atom. The molecule has 10 heteroatoms. The number of unbranched alkanes of at least 4 members (excludes halogenated alkanes) is 1. The van der Waals surface area contributed by atoms with E-state index in [4.69, 9.17) is 20.1 Å². The second kappa shape index (κ2) is 8.78. The second-order valence-corrected chi connectivity index (χ2v) is 11.3. The van der Waals surface area contributed by atoms with Crippen LogP contribution in [0.25, 0.3) is 10.4 Å². The van der Waals surface area contributed by atoms with Crippen LogP contribution < -0.4 is 0 Å². The van der Waals surface area contributed by atoms with Crippen molar-refractivity contribution < 1.29 is 29.6 Å². The fourth-order valence-electron chi connectivity index (χ4n) is 2.15.